The maximum absolute atomic E-state index is 13.5. The van der Waals surface area contributed by atoms with Crippen LogP contribution in [-0.2, 0) is 4.74 Å². The SMILES string of the molecule is COc1cc(N)c(Cl)cc1C(=O)N[C@H]1CCN(CCCC(c2ccc(F)cc2)c2ccc(F)cc2)C[C@@H]1OC.Cl. The summed E-state index contributed by atoms with van der Waals surface area (Å²) in [5, 5.41) is 3.36. The van der Waals surface area contributed by atoms with Gasteiger partial charge in [0.15, 0.2) is 0 Å². The second-order valence-electron chi connectivity index (χ2n) is 9.82. The highest BCUT2D eigenvalue weighted by Crippen LogP contribution is 2.31. The summed E-state index contributed by atoms with van der Waals surface area (Å²) in [4.78, 5) is 15.4. The Bertz CT molecular complexity index is 1220. The largest absolute Gasteiger partial charge is 0.496 e. The minimum Gasteiger partial charge on any atom is -0.496 e. The highest BCUT2D eigenvalue weighted by atomic mass is 35.5. The van der Waals surface area contributed by atoms with Crippen LogP contribution < -0.4 is 15.8 Å². The summed E-state index contributed by atoms with van der Waals surface area (Å²) in [6.07, 6.45) is 2.23. The van der Waals surface area contributed by atoms with Crippen molar-refractivity contribution in [1.29, 1.82) is 0 Å². The molecule has 0 aromatic heterocycles. The molecule has 3 N–H and O–H groups in total. The molecule has 1 aliphatic rings. The minimum atomic E-state index is -0.296. The van der Waals surface area contributed by atoms with Crippen LogP contribution in [-0.4, -0.2) is 56.8 Å². The van der Waals surface area contributed by atoms with Crippen molar-refractivity contribution in [3.8, 4) is 5.75 Å². The van der Waals surface area contributed by atoms with Crippen LogP contribution in [0.1, 0.15) is 46.7 Å². The van der Waals surface area contributed by atoms with Gasteiger partial charge >= 0.3 is 0 Å². The molecular weight excluding hydrogens is 559 g/mol. The monoisotopic (exact) mass is 593 g/mol. The van der Waals surface area contributed by atoms with E-state index in [1.54, 1.807) is 37.4 Å². The van der Waals surface area contributed by atoms with Gasteiger partial charge in [-0.05, 0) is 67.3 Å². The Morgan fingerprint density at radius 1 is 1.07 bits per heavy atom. The number of nitrogens with two attached hydrogens (primary N) is 1. The number of benzene rings is 3. The third-order valence-electron chi connectivity index (χ3n) is 7.34. The summed E-state index contributed by atoms with van der Waals surface area (Å²) < 4.78 is 38.2. The summed E-state index contributed by atoms with van der Waals surface area (Å²) in [6, 6.07) is 15.9. The summed E-state index contributed by atoms with van der Waals surface area (Å²) in [5.41, 5.74) is 8.50. The van der Waals surface area contributed by atoms with E-state index in [1.165, 1.54) is 37.4 Å². The van der Waals surface area contributed by atoms with E-state index < -0.39 is 0 Å². The number of likely N-dealkylation sites (tertiary alicyclic amines) is 1. The summed E-state index contributed by atoms with van der Waals surface area (Å²) in [6.45, 7) is 2.29. The Balaban J connectivity index is 0.00000441. The van der Waals surface area contributed by atoms with Crippen molar-refractivity contribution in [2.45, 2.75) is 37.3 Å². The highest BCUT2D eigenvalue weighted by Gasteiger charge is 2.31. The van der Waals surface area contributed by atoms with Crippen LogP contribution in [0.15, 0.2) is 60.7 Å². The first-order chi connectivity index (χ1) is 18.8. The fourth-order valence-corrected chi connectivity index (χ4v) is 5.35. The zero-order chi connectivity index (χ0) is 27.9. The van der Waals surface area contributed by atoms with Crippen molar-refractivity contribution >= 4 is 35.6 Å². The molecular formula is C30H35Cl2F2N3O3. The van der Waals surface area contributed by atoms with Crippen molar-refractivity contribution in [2.24, 2.45) is 0 Å². The lowest BCUT2D eigenvalue weighted by Crippen LogP contribution is -2.54. The molecule has 1 saturated heterocycles. The molecule has 1 amide bonds. The second-order valence-corrected chi connectivity index (χ2v) is 10.2. The molecule has 0 saturated carbocycles. The first kappa shape index (κ1) is 31.6. The number of anilines is 1. The Kier molecular flexibility index (Phi) is 11.6. The average molecular weight is 595 g/mol. The zero-order valence-corrected chi connectivity index (χ0v) is 24.1. The van der Waals surface area contributed by atoms with Gasteiger partial charge in [0, 0.05) is 32.2 Å². The Morgan fingerprint density at radius 2 is 1.68 bits per heavy atom. The number of hydrogen-bond acceptors (Lipinski definition) is 5. The van der Waals surface area contributed by atoms with E-state index in [4.69, 9.17) is 26.8 Å². The van der Waals surface area contributed by atoms with Gasteiger partial charge in [-0.1, -0.05) is 35.9 Å². The lowest BCUT2D eigenvalue weighted by molar-refractivity contribution is 0.00593. The lowest BCUT2D eigenvalue weighted by atomic mass is 9.87. The Morgan fingerprint density at radius 3 is 2.23 bits per heavy atom. The smallest absolute Gasteiger partial charge is 0.255 e. The van der Waals surface area contributed by atoms with Crippen LogP contribution in [0.3, 0.4) is 0 Å². The topological polar surface area (TPSA) is 76.8 Å². The molecule has 0 unspecified atom stereocenters. The fourth-order valence-electron chi connectivity index (χ4n) is 5.18. The molecule has 1 fully saturated rings. The minimum absolute atomic E-state index is 0. The van der Waals surface area contributed by atoms with Gasteiger partial charge in [-0.25, -0.2) is 8.78 Å². The number of hydrogen-bond donors (Lipinski definition) is 2. The van der Waals surface area contributed by atoms with E-state index in [-0.39, 0.29) is 48.0 Å². The van der Waals surface area contributed by atoms with Crippen molar-refractivity contribution in [1.82, 2.24) is 10.2 Å². The average Bonchev–Trinajstić information content (AvgIpc) is 2.94. The van der Waals surface area contributed by atoms with E-state index >= 15 is 0 Å². The van der Waals surface area contributed by atoms with Crippen LogP contribution in [0.25, 0.3) is 0 Å². The molecule has 216 valence electrons. The molecule has 1 heterocycles. The number of carbonyl (C=O) groups excluding carboxylic acids is 1. The van der Waals surface area contributed by atoms with E-state index in [9.17, 15) is 13.6 Å². The van der Waals surface area contributed by atoms with Crippen LogP contribution in [0, 0.1) is 11.6 Å². The number of amides is 1. The first-order valence-corrected chi connectivity index (χ1v) is 13.4. The highest BCUT2D eigenvalue weighted by molar-refractivity contribution is 6.33. The molecule has 2 atom stereocenters. The quantitative estimate of drug-likeness (QED) is 0.279. The number of ether oxygens (including phenoxy) is 2. The molecule has 40 heavy (non-hydrogen) atoms. The van der Waals surface area contributed by atoms with E-state index in [2.05, 4.69) is 10.2 Å². The van der Waals surface area contributed by atoms with Crippen LogP contribution in [0.5, 0.6) is 5.75 Å². The Hall–Kier alpha value is -2.91. The first-order valence-electron chi connectivity index (χ1n) is 13.0. The number of methoxy groups -OCH3 is 2. The third kappa shape index (κ3) is 7.85. The number of halogens is 4. The van der Waals surface area contributed by atoms with E-state index in [1.807, 2.05) is 0 Å². The van der Waals surface area contributed by atoms with Crippen molar-refractivity contribution in [3.63, 3.8) is 0 Å². The molecule has 0 radical (unpaired) electrons. The maximum Gasteiger partial charge on any atom is 0.255 e. The summed E-state index contributed by atoms with van der Waals surface area (Å²) in [7, 11) is 3.12. The number of nitrogens with one attached hydrogen (secondary N) is 1. The van der Waals surface area contributed by atoms with Crippen molar-refractivity contribution in [2.75, 3.05) is 39.6 Å². The van der Waals surface area contributed by atoms with E-state index in [0.29, 0.717) is 35.0 Å². The molecule has 0 aliphatic carbocycles. The van der Waals surface area contributed by atoms with Gasteiger partial charge in [0.25, 0.3) is 5.91 Å². The second kappa shape index (κ2) is 14.6. The van der Waals surface area contributed by atoms with Gasteiger partial charge in [-0.15, -0.1) is 12.4 Å². The molecule has 6 nitrogen and oxygen atoms in total. The van der Waals surface area contributed by atoms with Crippen LogP contribution >= 0.6 is 24.0 Å². The summed E-state index contributed by atoms with van der Waals surface area (Å²) >= 11 is 6.14. The molecule has 4 rings (SSSR count). The van der Waals surface area contributed by atoms with Crippen LogP contribution in [0.4, 0.5) is 14.5 Å². The molecule has 3 aromatic rings. The maximum atomic E-state index is 13.5. The lowest BCUT2D eigenvalue weighted by Gasteiger charge is -2.38. The Labute approximate surface area is 245 Å². The number of carbonyl (C=O) groups is 1. The molecule has 3 aromatic carbocycles. The van der Waals surface area contributed by atoms with Gasteiger partial charge in [0.2, 0.25) is 0 Å². The number of piperidine rings is 1. The molecule has 1 aliphatic heterocycles. The number of nitrogen functional groups attached to an aromatic ring is 1. The summed E-state index contributed by atoms with van der Waals surface area (Å²) in [5.74, 6) is -0.471. The van der Waals surface area contributed by atoms with Crippen LogP contribution in [0.2, 0.25) is 5.02 Å². The number of rotatable bonds is 10. The van der Waals surface area contributed by atoms with Gasteiger partial charge < -0.3 is 25.4 Å². The standard InChI is InChI=1S/C30H34ClF2N3O3.ClH/c1-38-28-17-26(34)25(31)16-24(28)30(37)35-27-13-15-36(18-29(27)39-2)14-3-4-23(19-5-9-21(32)10-6-19)20-7-11-22(33)12-8-20;/h5-12,16-17,23,27,29H,3-4,13-15,18,34H2,1-2H3,(H,35,37);1H/t27-,29-;/m0./s1. The fraction of sp³-hybridized carbons (Fsp3) is 0.367. The van der Waals surface area contributed by atoms with Crippen molar-refractivity contribution in [3.05, 3.63) is 94.0 Å². The van der Waals surface area contributed by atoms with Gasteiger partial charge in [0.1, 0.15) is 17.4 Å². The van der Waals surface area contributed by atoms with Gasteiger partial charge in [-0.2, -0.15) is 0 Å². The normalized spacial score (nSPS) is 17.4. The predicted octanol–water partition coefficient (Wildman–Crippen LogP) is 6.06. The van der Waals surface area contributed by atoms with Gasteiger partial charge in [-0.3, -0.25) is 4.79 Å². The molecule has 10 heteroatoms. The molecule has 0 spiro atoms. The molecule has 0 bridgehead atoms. The van der Waals surface area contributed by atoms with E-state index in [0.717, 1.165) is 37.1 Å². The zero-order valence-electron chi connectivity index (χ0n) is 22.5. The van der Waals surface area contributed by atoms with Gasteiger partial charge in [0.05, 0.1) is 35.5 Å². The van der Waals surface area contributed by atoms with Crippen molar-refractivity contribution < 1.29 is 23.0 Å². The predicted molar refractivity (Wildman–Crippen MR) is 157 cm³/mol. The number of nitrogens with zero attached hydrogens (tertiary/aromatic N) is 1. The third-order valence-corrected chi connectivity index (χ3v) is 7.67.